The average molecular weight is 398 g/mol. The minimum Gasteiger partial charge on any atom is -0.491 e. The summed E-state index contributed by atoms with van der Waals surface area (Å²) in [5.41, 5.74) is 4.20. The van der Waals surface area contributed by atoms with Gasteiger partial charge in [0.05, 0.1) is 36.9 Å². The van der Waals surface area contributed by atoms with Gasteiger partial charge in [0.15, 0.2) is 11.4 Å². The highest BCUT2D eigenvalue weighted by atomic mass is 16.5. The number of benzene rings is 2. The normalized spacial score (nSPS) is 15.6. The van der Waals surface area contributed by atoms with E-state index in [1.807, 2.05) is 41.1 Å². The monoisotopic (exact) mass is 398 g/mol. The van der Waals surface area contributed by atoms with Crippen molar-refractivity contribution in [1.82, 2.24) is 19.6 Å². The number of aryl methyl sites for hydroxylation is 1. The number of hydrogen-bond donors (Lipinski definition) is 0. The van der Waals surface area contributed by atoms with Crippen molar-refractivity contribution in [3.8, 4) is 22.8 Å². The zero-order valence-corrected chi connectivity index (χ0v) is 16.7. The number of rotatable bonds is 4. The predicted octanol–water partition coefficient (Wildman–Crippen LogP) is 4.03. The van der Waals surface area contributed by atoms with Crippen LogP contribution < -0.4 is 10.2 Å². The van der Waals surface area contributed by atoms with Gasteiger partial charge in [-0.1, -0.05) is 42.5 Å². The van der Waals surface area contributed by atoms with Crippen LogP contribution >= 0.6 is 0 Å². The first-order chi connectivity index (χ1) is 14.8. The van der Waals surface area contributed by atoms with Gasteiger partial charge in [-0.15, -0.1) is 0 Å². The second-order valence-electron chi connectivity index (χ2n) is 7.43. The molecule has 0 N–H and O–H groups in total. The molecule has 0 radical (unpaired) electrons. The summed E-state index contributed by atoms with van der Waals surface area (Å²) >= 11 is 0. The van der Waals surface area contributed by atoms with Crippen molar-refractivity contribution in [2.45, 2.75) is 25.3 Å². The summed E-state index contributed by atoms with van der Waals surface area (Å²) in [5.74, 6) is 0.281. The fourth-order valence-electron chi connectivity index (χ4n) is 4.22. The lowest BCUT2D eigenvalue weighted by molar-refractivity contribution is 0.386. The number of fused-ring (bicyclic) bond motifs is 1. The van der Waals surface area contributed by atoms with Crippen LogP contribution in [0.2, 0.25) is 0 Å². The summed E-state index contributed by atoms with van der Waals surface area (Å²) in [7, 11) is 1.52. The molecule has 1 unspecified atom stereocenters. The van der Waals surface area contributed by atoms with E-state index >= 15 is 0 Å². The Hall–Kier alpha value is -3.67. The maximum Gasteiger partial charge on any atom is 0.251 e. The summed E-state index contributed by atoms with van der Waals surface area (Å²) in [6, 6.07) is 20.1. The van der Waals surface area contributed by atoms with E-state index in [2.05, 4.69) is 29.4 Å². The lowest BCUT2D eigenvalue weighted by Gasteiger charge is -2.27. The molecule has 1 aliphatic rings. The smallest absolute Gasteiger partial charge is 0.251 e. The van der Waals surface area contributed by atoms with E-state index in [9.17, 15) is 4.79 Å². The third-order valence-electron chi connectivity index (χ3n) is 5.67. The van der Waals surface area contributed by atoms with Crippen LogP contribution in [0.1, 0.15) is 30.0 Å². The quantitative estimate of drug-likeness (QED) is 0.521. The number of aromatic nitrogens is 4. The zero-order valence-electron chi connectivity index (χ0n) is 16.7. The van der Waals surface area contributed by atoms with Crippen LogP contribution in [0.25, 0.3) is 17.1 Å². The fraction of sp³-hybridized carbons (Fsp3) is 0.208. The summed E-state index contributed by atoms with van der Waals surface area (Å²) in [6.07, 6.45) is 6.52. The van der Waals surface area contributed by atoms with Crippen LogP contribution in [0.15, 0.2) is 77.9 Å². The topological polar surface area (TPSA) is 61.9 Å². The van der Waals surface area contributed by atoms with Crippen LogP contribution in [0, 0.1) is 0 Å². The third kappa shape index (κ3) is 3.10. The molecule has 2 aromatic heterocycles. The van der Waals surface area contributed by atoms with Crippen LogP contribution in [0.3, 0.4) is 0 Å². The molecular formula is C24H22N4O2. The molecule has 6 nitrogen and oxygen atoms in total. The predicted molar refractivity (Wildman–Crippen MR) is 115 cm³/mol. The Morgan fingerprint density at radius 2 is 1.83 bits per heavy atom. The molecule has 0 bridgehead atoms. The Labute approximate surface area is 174 Å². The first-order valence-electron chi connectivity index (χ1n) is 10.1. The van der Waals surface area contributed by atoms with Gasteiger partial charge in [0.25, 0.3) is 5.43 Å². The first kappa shape index (κ1) is 18.4. The van der Waals surface area contributed by atoms with E-state index in [1.165, 1.54) is 18.2 Å². The Morgan fingerprint density at radius 1 is 1.03 bits per heavy atom. The molecule has 6 heteroatoms. The molecule has 0 aliphatic heterocycles. The molecule has 2 aromatic carbocycles. The fourth-order valence-corrected chi connectivity index (χ4v) is 4.22. The summed E-state index contributed by atoms with van der Waals surface area (Å²) < 4.78 is 9.07. The van der Waals surface area contributed by atoms with Crippen LogP contribution in [-0.2, 0) is 6.42 Å². The number of ether oxygens (including phenoxy) is 1. The third-order valence-corrected chi connectivity index (χ3v) is 5.67. The molecule has 0 spiro atoms. The van der Waals surface area contributed by atoms with Crippen molar-refractivity contribution < 1.29 is 4.74 Å². The molecule has 0 saturated heterocycles. The Kier molecular flexibility index (Phi) is 4.67. The molecule has 5 rings (SSSR count). The van der Waals surface area contributed by atoms with Crippen molar-refractivity contribution in [1.29, 1.82) is 0 Å². The maximum absolute atomic E-state index is 13.1. The molecule has 30 heavy (non-hydrogen) atoms. The van der Waals surface area contributed by atoms with E-state index in [0.717, 1.165) is 24.9 Å². The highest BCUT2D eigenvalue weighted by Crippen LogP contribution is 2.33. The molecular weight excluding hydrogens is 376 g/mol. The maximum atomic E-state index is 13.1. The zero-order chi connectivity index (χ0) is 20.5. The van der Waals surface area contributed by atoms with Gasteiger partial charge in [-0.25, -0.2) is 4.68 Å². The molecule has 4 aromatic rings. The van der Waals surface area contributed by atoms with Crippen molar-refractivity contribution in [3.63, 3.8) is 0 Å². The molecule has 0 saturated carbocycles. The standard InChI is InChI=1S/C24H22N4O2/c1-30-22-16-27(20-13-7-9-17-8-5-6-12-19(17)20)26-23(24(22)29)21-14-15-25-28(21)18-10-3-2-4-11-18/h2-6,8,10-12,14-16,20H,7,9,13H2,1H3. The lowest BCUT2D eigenvalue weighted by atomic mass is 9.88. The van der Waals surface area contributed by atoms with Gasteiger partial charge < -0.3 is 4.74 Å². The molecule has 1 aliphatic carbocycles. The minimum atomic E-state index is -0.240. The summed E-state index contributed by atoms with van der Waals surface area (Å²) in [6.45, 7) is 0. The van der Waals surface area contributed by atoms with Gasteiger partial charge in [-0.3, -0.25) is 9.48 Å². The Morgan fingerprint density at radius 3 is 2.67 bits per heavy atom. The van der Waals surface area contributed by atoms with E-state index in [1.54, 1.807) is 17.1 Å². The minimum absolute atomic E-state index is 0.0660. The van der Waals surface area contributed by atoms with Gasteiger partial charge in [0.2, 0.25) is 0 Å². The molecule has 2 heterocycles. The molecule has 1 atom stereocenters. The SMILES string of the molecule is COc1cn(C2CCCc3ccccc32)nc(-c2ccnn2-c2ccccc2)c1=O. The highest BCUT2D eigenvalue weighted by Gasteiger charge is 2.24. The van der Waals surface area contributed by atoms with Gasteiger partial charge >= 0.3 is 0 Å². The molecule has 0 fully saturated rings. The van der Waals surface area contributed by atoms with Gasteiger partial charge in [0.1, 0.15) is 0 Å². The van der Waals surface area contributed by atoms with E-state index in [4.69, 9.17) is 9.84 Å². The lowest BCUT2D eigenvalue weighted by Crippen LogP contribution is -2.24. The van der Waals surface area contributed by atoms with Gasteiger partial charge in [0, 0.05) is 0 Å². The molecule has 150 valence electrons. The Balaban J connectivity index is 1.68. The van der Waals surface area contributed by atoms with Gasteiger partial charge in [-0.2, -0.15) is 10.2 Å². The van der Waals surface area contributed by atoms with E-state index in [0.29, 0.717) is 11.4 Å². The number of methoxy groups -OCH3 is 1. The van der Waals surface area contributed by atoms with Gasteiger partial charge in [-0.05, 0) is 48.6 Å². The van der Waals surface area contributed by atoms with E-state index in [-0.39, 0.29) is 17.2 Å². The second-order valence-corrected chi connectivity index (χ2v) is 7.43. The number of hydrogen-bond acceptors (Lipinski definition) is 4. The van der Waals surface area contributed by atoms with Crippen LogP contribution in [0.5, 0.6) is 5.75 Å². The highest BCUT2D eigenvalue weighted by molar-refractivity contribution is 5.58. The largest absolute Gasteiger partial charge is 0.491 e. The van der Waals surface area contributed by atoms with Crippen molar-refractivity contribution in [3.05, 3.63) is 94.4 Å². The van der Waals surface area contributed by atoms with Crippen LogP contribution in [-0.4, -0.2) is 26.7 Å². The van der Waals surface area contributed by atoms with Crippen molar-refractivity contribution in [2.24, 2.45) is 0 Å². The van der Waals surface area contributed by atoms with E-state index < -0.39 is 0 Å². The summed E-state index contributed by atoms with van der Waals surface area (Å²) in [4.78, 5) is 13.1. The van der Waals surface area contributed by atoms with Crippen LogP contribution in [0.4, 0.5) is 0 Å². The summed E-state index contributed by atoms with van der Waals surface area (Å²) in [5, 5.41) is 9.22. The Bertz CT molecular complexity index is 1240. The second kappa shape index (κ2) is 7.63. The van der Waals surface area contributed by atoms with Crippen molar-refractivity contribution >= 4 is 0 Å². The average Bonchev–Trinajstić information content (AvgIpc) is 3.29. The van der Waals surface area contributed by atoms with Crippen molar-refractivity contribution in [2.75, 3.05) is 7.11 Å². The number of nitrogens with zero attached hydrogens (tertiary/aromatic N) is 4. The first-order valence-corrected chi connectivity index (χ1v) is 10.1. The number of para-hydroxylation sites is 1. The molecule has 0 amide bonds.